The average Bonchev–Trinajstić information content (AvgIpc) is 3.14. The third-order valence-corrected chi connectivity index (χ3v) is 8.47. The zero-order valence-electron chi connectivity index (χ0n) is 29.4. The van der Waals surface area contributed by atoms with Crippen molar-refractivity contribution in [2.75, 3.05) is 26.2 Å². The Bertz CT molecular complexity index is 1750. The molecule has 0 spiro atoms. The summed E-state index contributed by atoms with van der Waals surface area (Å²) in [5.74, 6) is -0.990. The van der Waals surface area contributed by atoms with Gasteiger partial charge in [0.1, 0.15) is 13.2 Å². The fraction of sp³-hybridized carbons (Fsp3) is 0.317. The Morgan fingerprint density at radius 1 is 0.627 bits per heavy atom. The van der Waals surface area contributed by atoms with Gasteiger partial charge in [0.05, 0.1) is 12.0 Å². The molecule has 3 amide bonds. The maximum Gasteiger partial charge on any atom is 0.303 e. The second-order valence-corrected chi connectivity index (χ2v) is 12.3. The number of aryl methyl sites for hydroxylation is 1. The average molecular weight is 694 g/mol. The van der Waals surface area contributed by atoms with E-state index in [-0.39, 0.29) is 43.7 Å². The highest BCUT2D eigenvalue weighted by Crippen LogP contribution is 2.33. The van der Waals surface area contributed by atoms with Gasteiger partial charge in [0.15, 0.2) is 11.5 Å². The minimum atomic E-state index is -1.04. The standard InChI is InChI=1S/C41H47N3O7/c1-30-14-11-19-34(31(30)2)40(48)42-24-9-10-26-44(37(45)22-23-38(46)47)27-13-25-43-41(49)35-20-12-21-36(50-28-32-15-5-3-6-16-32)39(35)51-29-33-17-7-4-8-18-33/h3-8,11-12,14-21H,9-10,13,22-29H2,1-2H3,(H,42,48)(H,43,49)(H,46,47). The van der Waals surface area contributed by atoms with Crippen LogP contribution in [-0.4, -0.2) is 59.9 Å². The number of nitrogens with one attached hydrogen (secondary N) is 2. The number of unbranched alkanes of at least 4 members (excludes halogenated alkanes) is 1. The summed E-state index contributed by atoms with van der Waals surface area (Å²) >= 11 is 0. The van der Waals surface area contributed by atoms with Gasteiger partial charge < -0.3 is 30.1 Å². The second-order valence-electron chi connectivity index (χ2n) is 12.3. The van der Waals surface area contributed by atoms with E-state index in [0.717, 1.165) is 22.3 Å². The molecule has 268 valence electrons. The molecule has 0 radical (unpaired) electrons. The minimum Gasteiger partial charge on any atom is -0.485 e. The Hall–Kier alpha value is -5.64. The fourth-order valence-electron chi connectivity index (χ4n) is 5.44. The lowest BCUT2D eigenvalue weighted by Gasteiger charge is -2.23. The van der Waals surface area contributed by atoms with Crippen molar-refractivity contribution in [3.63, 3.8) is 0 Å². The zero-order chi connectivity index (χ0) is 36.4. The van der Waals surface area contributed by atoms with E-state index in [0.29, 0.717) is 68.1 Å². The van der Waals surface area contributed by atoms with E-state index in [1.165, 1.54) is 0 Å². The Morgan fingerprint density at radius 2 is 1.20 bits per heavy atom. The van der Waals surface area contributed by atoms with Crippen molar-refractivity contribution in [3.05, 3.63) is 130 Å². The second kappa shape index (κ2) is 20.1. The third-order valence-electron chi connectivity index (χ3n) is 8.47. The summed E-state index contributed by atoms with van der Waals surface area (Å²) < 4.78 is 12.3. The predicted octanol–water partition coefficient (Wildman–Crippen LogP) is 6.48. The Labute approximate surface area is 299 Å². The number of carboxylic acid groups (broad SMARTS) is 1. The van der Waals surface area contributed by atoms with E-state index in [9.17, 15) is 19.2 Å². The monoisotopic (exact) mass is 693 g/mol. The highest BCUT2D eigenvalue weighted by molar-refractivity contribution is 5.98. The van der Waals surface area contributed by atoms with Crippen LogP contribution in [0.2, 0.25) is 0 Å². The smallest absolute Gasteiger partial charge is 0.303 e. The predicted molar refractivity (Wildman–Crippen MR) is 196 cm³/mol. The van der Waals surface area contributed by atoms with E-state index in [1.807, 2.05) is 86.6 Å². The summed E-state index contributed by atoms with van der Waals surface area (Å²) in [5.41, 5.74) is 4.88. The quantitative estimate of drug-likeness (QED) is 0.0902. The summed E-state index contributed by atoms with van der Waals surface area (Å²) in [6.07, 6.45) is 1.36. The largest absolute Gasteiger partial charge is 0.485 e. The molecule has 10 nitrogen and oxygen atoms in total. The van der Waals surface area contributed by atoms with Gasteiger partial charge in [0.25, 0.3) is 11.8 Å². The number of ether oxygens (including phenoxy) is 2. The van der Waals surface area contributed by atoms with Crippen LogP contribution in [0, 0.1) is 13.8 Å². The van der Waals surface area contributed by atoms with Crippen LogP contribution in [0.1, 0.15) is 75.1 Å². The van der Waals surface area contributed by atoms with Crippen LogP contribution in [0.15, 0.2) is 97.1 Å². The summed E-state index contributed by atoms with van der Waals surface area (Å²) in [6.45, 7) is 5.91. The number of hydrogen-bond donors (Lipinski definition) is 3. The number of nitrogens with zero attached hydrogens (tertiary/aromatic N) is 1. The normalized spacial score (nSPS) is 10.6. The summed E-state index contributed by atoms with van der Waals surface area (Å²) in [5, 5.41) is 15.0. The molecule has 0 saturated heterocycles. The number of amides is 3. The van der Waals surface area contributed by atoms with Crippen LogP contribution >= 0.6 is 0 Å². The molecule has 4 aromatic carbocycles. The van der Waals surface area contributed by atoms with Crippen LogP contribution < -0.4 is 20.1 Å². The van der Waals surface area contributed by atoms with E-state index in [4.69, 9.17) is 14.6 Å². The topological polar surface area (TPSA) is 134 Å². The van der Waals surface area contributed by atoms with Crippen molar-refractivity contribution < 1.29 is 33.8 Å². The molecule has 0 aliphatic carbocycles. The number of aliphatic carboxylic acids is 1. The molecule has 10 heteroatoms. The number of benzene rings is 4. The van der Waals surface area contributed by atoms with Crippen molar-refractivity contribution in [3.8, 4) is 11.5 Å². The van der Waals surface area contributed by atoms with Crippen molar-refractivity contribution in [1.82, 2.24) is 15.5 Å². The molecule has 0 bridgehead atoms. The molecule has 4 aromatic rings. The Morgan fingerprint density at radius 3 is 1.86 bits per heavy atom. The molecule has 0 fully saturated rings. The first-order valence-corrected chi connectivity index (χ1v) is 17.3. The molecule has 0 unspecified atom stereocenters. The van der Waals surface area contributed by atoms with Gasteiger partial charge in [-0.3, -0.25) is 19.2 Å². The van der Waals surface area contributed by atoms with Crippen LogP contribution in [0.4, 0.5) is 0 Å². The molecule has 0 heterocycles. The zero-order valence-corrected chi connectivity index (χ0v) is 29.4. The molecular weight excluding hydrogens is 646 g/mol. The minimum absolute atomic E-state index is 0.108. The first-order valence-electron chi connectivity index (χ1n) is 17.3. The first-order chi connectivity index (χ1) is 24.7. The molecule has 0 atom stereocenters. The van der Waals surface area contributed by atoms with Crippen molar-refractivity contribution >= 4 is 23.7 Å². The fourth-order valence-corrected chi connectivity index (χ4v) is 5.44. The number of rotatable bonds is 20. The summed E-state index contributed by atoms with van der Waals surface area (Å²) in [7, 11) is 0. The number of carboxylic acids is 1. The number of para-hydroxylation sites is 1. The third kappa shape index (κ3) is 12.3. The molecular formula is C41H47N3O7. The Balaban J connectivity index is 1.32. The lowest BCUT2D eigenvalue weighted by atomic mass is 10.0. The van der Waals surface area contributed by atoms with Gasteiger partial charge in [-0.2, -0.15) is 0 Å². The lowest BCUT2D eigenvalue weighted by Crippen LogP contribution is -2.36. The van der Waals surface area contributed by atoms with Gasteiger partial charge in [0.2, 0.25) is 5.91 Å². The van der Waals surface area contributed by atoms with Gasteiger partial charge in [-0.15, -0.1) is 0 Å². The van der Waals surface area contributed by atoms with E-state index < -0.39 is 5.97 Å². The van der Waals surface area contributed by atoms with Crippen LogP contribution in [0.3, 0.4) is 0 Å². The lowest BCUT2D eigenvalue weighted by molar-refractivity contribution is -0.141. The number of carbonyl (C=O) groups is 4. The van der Waals surface area contributed by atoms with Crippen LogP contribution in [0.5, 0.6) is 11.5 Å². The van der Waals surface area contributed by atoms with Crippen molar-refractivity contribution in [2.24, 2.45) is 0 Å². The summed E-state index contributed by atoms with van der Waals surface area (Å²) in [4.78, 5) is 51.8. The number of hydrogen-bond acceptors (Lipinski definition) is 6. The van der Waals surface area contributed by atoms with Crippen molar-refractivity contribution in [2.45, 2.75) is 59.2 Å². The number of carbonyl (C=O) groups excluding carboxylic acids is 3. The van der Waals surface area contributed by atoms with E-state index in [1.54, 1.807) is 29.2 Å². The van der Waals surface area contributed by atoms with Crippen LogP contribution in [0.25, 0.3) is 0 Å². The molecule has 0 aliphatic rings. The first kappa shape index (κ1) is 38.2. The van der Waals surface area contributed by atoms with Gasteiger partial charge in [-0.1, -0.05) is 78.9 Å². The highest BCUT2D eigenvalue weighted by Gasteiger charge is 2.19. The highest BCUT2D eigenvalue weighted by atomic mass is 16.5. The van der Waals surface area contributed by atoms with Crippen LogP contribution in [-0.2, 0) is 22.8 Å². The molecule has 0 aromatic heterocycles. The van der Waals surface area contributed by atoms with Gasteiger partial charge >= 0.3 is 5.97 Å². The molecule has 4 rings (SSSR count). The van der Waals surface area contributed by atoms with Gasteiger partial charge in [0, 0.05) is 38.2 Å². The molecule has 51 heavy (non-hydrogen) atoms. The summed E-state index contributed by atoms with van der Waals surface area (Å²) in [6, 6.07) is 30.2. The van der Waals surface area contributed by atoms with E-state index in [2.05, 4.69) is 10.6 Å². The molecule has 0 saturated carbocycles. The van der Waals surface area contributed by atoms with Gasteiger partial charge in [-0.25, -0.2) is 0 Å². The SMILES string of the molecule is Cc1cccc(C(=O)NCCCCN(CCCNC(=O)c2cccc(OCc3ccccc3)c2OCc2ccccc2)C(=O)CCC(=O)O)c1C. The maximum atomic E-state index is 13.5. The van der Waals surface area contributed by atoms with E-state index >= 15 is 0 Å². The van der Waals surface area contributed by atoms with Crippen molar-refractivity contribution in [1.29, 1.82) is 0 Å². The van der Waals surface area contributed by atoms with Gasteiger partial charge in [-0.05, 0) is 73.6 Å². The Kier molecular flexibility index (Phi) is 15.1. The maximum absolute atomic E-state index is 13.5. The molecule has 0 aliphatic heterocycles. The molecule has 3 N–H and O–H groups in total.